The number of fused-ring (bicyclic) bond motifs is 1. The highest BCUT2D eigenvalue weighted by molar-refractivity contribution is 7.71. The summed E-state index contributed by atoms with van der Waals surface area (Å²) in [6.07, 6.45) is 3.64. The van der Waals surface area contributed by atoms with Crippen LogP contribution in [0.3, 0.4) is 0 Å². The molecule has 0 aliphatic heterocycles. The average Bonchev–Trinajstić information content (AvgIpc) is 2.94. The van der Waals surface area contributed by atoms with E-state index in [-0.39, 0.29) is 0 Å². The Morgan fingerprint density at radius 3 is 3.17 bits per heavy atom. The Hall–Kier alpha value is -0.940. The van der Waals surface area contributed by atoms with E-state index in [4.69, 9.17) is 12.2 Å². The number of nitrogens with one attached hydrogen (secondary N) is 1. The van der Waals surface area contributed by atoms with Crippen molar-refractivity contribution in [2.75, 3.05) is 0 Å². The zero-order chi connectivity index (χ0) is 12.7. The number of rotatable bonds is 2. The van der Waals surface area contributed by atoms with Crippen LogP contribution in [-0.4, -0.2) is 14.8 Å². The van der Waals surface area contributed by atoms with Gasteiger partial charge in [-0.25, -0.2) is 0 Å². The van der Waals surface area contributed by atoms with Crippen molar-refractivity contribution in [2.24, 2.45) is 0 Å². The fourth-order valence-electron chi connectivity index (χ4n) is 2.82. The van der Waals surface area contributed by atoms with Crippen LogP contribution in [-0.2, 0) is 6.42 Å². The van der Waals surface area contributed by atoms with E-state index in [2.05, 4.69) is 40.1 Å². The van der Waals surface area contributed by atoms with Crippen LogP contribution in [0.2, 0.25) is 0 Å². The number of H-pyrrole nitrogens is 1. The first-order valence-electron chi connectivity index (χ1n) is 6.41. The summed E-state index contributed by atoms with van der Waals surface area (Å²) in [6, 6.07) is 2.61. The van der Waals surface area contributed by atoms with Gasteiger partial charge in [-0.1, -0.05) is 0 Å². The van der Waals surface area contributed by atoms with Gasteiger partial charge in [0.15, 0.2) is 4.77 Å². The molecule has 96 valence electrons. The summed E-state index contributed by atoms with van der Waals surface area (Å²) in [5, 5.41) is 9.65. The van der Waals surface area contributed by atoms with Gasteiger partial charge in [0.1, 0.15) is 5.82 Å². The van der Waals surface area contributed by atoms with Crippen molar-refractivity contribution in [2.45, 2.75) is 45.1 Å². The monoisotopic (exact) mass is 279 g/mol. The number of hydrogen-bond donors (Lipinski definition) is 1. The number of hydrogen-bond acceptors (Lipinski definition) is 3. The second-order valence-corrected chi connectivity index (χ2v) is 6.48. The number of aryl methyl sites for hydroxylation is 1. The largest absolute Gasteiger partial charge is 0.301 e. The van der Waals surface area contributed by atoms with E-state index in [9.17, 15) is 0 Å². The summed E-state index contributed by atoms with van der Waals surface area (Å²) in [5.74, 6) is 1.52. The molecule has 1 N–H and O–H groups in total. The molecule has 1 aliphatic rings. The maximum absolute atomic E-state index is 5.34. The molecule has 0 aromatic carbocycles. The fraction of sp³-hybridized carbons (Fsp3) is 0.538. The van der Waals surface area contributed by atoms with Crippen molar-refractivity contribution in [1.29, 1.82) is 0 Å². The molecule has 0 fully saturated rings. The van der Waals surface area contributed by atoms with E-state index in [1.165, 1.54) is 29.7 Å². The maximum Gasteiger partial charge on any atom is 0.195 e. The van der Waals surface area contributed by atoms with Crippen LogP contribution >= 0.6 is 23.6 Å². The van der Waals surface area contributed by atoms with Gasteiger partial charge in [-0.05, 0) is 62.3 Å². The Labute approximate surface area is 116 Å². The summed E-state index contributed by atoms with van der Waals surface area (Å²) in [7, 11) is 0. The Morgan fingerprint density at radius 2 is 2.39 bits per heavy atom. The molecule has 2 aromatic rings. The Bertz CT molecular complexity index is 606. The highest BCUT2D eigenvalue weighted by Crippen LogP contribution is 2.38. The molecule has 18 heavy (non-hydrogen) atoms. The predicted molar refractivity (Wildman–Crippen MR) is 76.9 cm³/mol. The van der Waals surface area contributed by atoms with Gasteiger partial charge < -0.3 is 4.57 Å². The van der Waals surface area contributed by atoms with E-state index in [0.717, 1.165) is 10.6 Å². The third kappa shape index (κ3) is 1.86. The minimum absolute atomic E-state index is 0.357. The van der Waals surface area contributed by atoms with E-state index in [1.807, 2.05) is 11.3 Å². The lowest BCUT2D eigenvalue weighted by atomic mass is 9.87. The van der Waals surface area contributed by atoms with Crippen molar-refractivity contribution in [3.05, 3.63) is 32.5 Å². The molecule has 5 heteroatoms. The van der Waals surface area contributed by atoms with Crippen molar-refractivity contribution >= 4 is 23.6 Å². The van der Waals surface area contributed by atoms with Gasteiger partial charge in [0.05, 0.1) is 0 Å². The Kier molecular flexibility index (Phi) is 3.11. The smallest absolute Gasteiger partial charge is 0.195 e. The van der Waals surface area contributed by atoms with Crippen molar-refractivity contribution in [3.63, 3.8) is 0 Å². The highest BCUT2D eigenvalue weighted by atomic mass is 32.1. The summed E-state index contributed by atoms with van der Waals surface area (Å²) >= 11 is 7.22. The first kappa shape index (κ1) is 12.1. The van der Waals surface area contributed by atoms with Crippen molar-refractivity contribution in [1.82, 2.24) is 14.8 Å². The lowest BCUT2D eigenvalue weighted by Gasteiger charge is -2.23. The topological polar surface area (TPSA) is 33.6 Å². The van der Waals surface area contributed by atoms with Crippen LogP contribution in [0, 0.1) is 4.77 Å². The number of aromatic nitrogens is 3. The lowest BCUT2D eigenvalue weighted by molar-refractivity contribution is 0.513. The third-order valence-corrected chi connectivity index (χ3v) is 4.90. The maximum atomic E-state index is 5.34. The molecule has 0 saturated carbocycles. The van der Waals surface area contributed by atoms with E-state index in [1.54, 1.807) is 0 Å². The van der Waals surface area contributed by atoms with Crippen LogP contribution in [0.15, 0.2) is 11.4 Å². The van der Waals surface area contributed by atoms with Crippen molar-refractivity contribution in [3.8, 4) is 0 Å². The Balaban J connectivity index is 2.10. The molecule has 0 spiro atoms. The van der Waals surface area contributed by atoms with Crippen molar-refractivity contribution < 1.29 is 0 Å². The molecule has 1 unspecified atom stereocenters. The molecule has 2 aromatic heterocycles. The van der Waals surface area contributed by atoms with Crippen LogP contribution in [0.25, 0.3) is 0 Å². The van der Waals surface area contributed by atoms with E-state index >= 15 is 0 Å². The van der Waals surface area contributed by atoms with E-state index in [0.29, 0.717) is 12.0 Å². The second kappa shape index (κ2) is 4.63. The SMILES string of the molecule is CC(C)n1c(C2CCCc3sccc32)n[nH]c1=S. The number of thiophene rings is 1. The second-order valence-electron chi connectivity index (χ2n) is 5.09. The van der Waals surface area contributed by atoms with Crippen LogP contribution in [0.1, 0.15) is 54.9 Å². The van der Waals surface area contributed by atoms with E-state index < -0.39 is 0 Å². The van der Waals surface area contributed by atoms with Gasteiger partial charge in [-0.2, -0.15) is 5.10 Å². The minimum atomic E-state index is 0.357. The van der Waals surface area contributed by atoms with Gasteiger partial charge in [0.2, 0.25) is 0 Å². The molecule has 0 saturated heterocycles. The Morgan fingerprint density at radius 1 is 1.56 bits per heavy atom. The zero-order valence-corrected chi connectivity index (χ0v) is 12.3. The summed E-state index contributed by atoms with van der Waals surface area (Å²) in [5.41, 5.74) is 1.46. The van der Waals surface area contributed by atoms with Crippen LogP contribution in [0.5, 0.6) is 0 Å². The molecule has 3 rings (SSSR count). The van der Waals surface area contributed by atoms with Gasteiger partial charge >= 0.3 is 0 Å². The molecule has 0 bridgehead atoms. The molecule has 1 aliphatic carbocycles. The predicted octanol–water partition coefficient (Wildman–Crippen LogP) is 4.05. The van der Waals surface area contributed by atoms with Gasteiger partial charge in [-0.15, -0.1) is 11.3 Å². The molecule has 1 atom stereocenters. The zero-order valence-electron chi connectivity index (χ0n) is 10.6. The summed E-state index contributed by atoms with van der Waals surface area (Å²) in [6.45, 7) is 4.32. The normalized spacial score (nSPS) is 19.2. The quantitative estimate of drug-likeness (QED) is 0.841. The van der Waals surface area contributed by atoms with Gasteiger partial charge in [0.25, 0.3) is 0 Å². The molecular formula is C13H17N3S2. The summed E-state index contributed by atoms with van der Waals surface area (Å²) in [4.78, 5) is 1.52. The fourth-order valence-corrected chi connectivity index (χ4v) is 4.15. The number of nitrogens with zero attached hydrogens (tertiary/aromatic N) is 2. The molecule has 0 radical (unpaired) electrons. The third-order valence-electron chi connectivity index (χ3n) is 3.61. The van der Waals surface area contributed by atoms with Gasteiger partial charge in [0, 0.05) is 16.8 Å². The standard InChI is InChI=1S/C13H17N3S2/c1-8(2)16-12(14-15-13(16)17)10-4-3-5-11-9(10)6-7-18-11/h6-8,10H,3-5H2,1-2H3,(H,15,17). The first-order valence-corrected chi connectivity index (χ1v) is 7.70. The lowest BCUT2D eigenvalue weighted by Crippen LogP contribution is -2.15. The van der Waals surface area contributed by atoms with Gasteiger partial charge in [-0.3, -0.25) is 5.10 Å². The highest BCUT2D eigenvalue weighted by Gasteiger charge is 2.27. The summed E-state index contributed by atoms with van der Waals surface area (Å²) < 4.78 is 2.90. The minimum Gasteiger partial charge on any atom is -0.301 e. The average molecular weight is 279 g/mol. The molecular weight excluding hydrogens is 262 g/mol. The molecule has 0 amide bonds. The van der Waals surface area contributed by atoms with Crippen LogP contribution in [0.4, 0.5) is 0 Å². The number of aromatic amines is 1. The van der Waals surface area contributed by atoms with Crippen LogP contribution < -0.4 is 0 Å². The molecule has 3 nitrogen and oxygen atoms in total. The first-order chi connectivity index (χ1) is 8.68. The molecule has 2 heterocycles.